The Labute approximate surface area is 123 Å². The van der Waals surface area contributed by atoms with Crippen LogP contribution in [0.2, 0.25) is 10.3 Å². The van der Waals surface area contributed by atoms with Crippen molar-refractivity contribution in [3.63, 3.8) is 0 Å². The largest absolute Gasteiger partial charge is 0.220 e. The lowest BCUT2D eigenvalue weighted by molar-refractivity contribution is 0.449. The van der Waals surface area contributed by atoms with Crippen molar-refractivity contribution in [3.8, 4) is 0 Å². The third-order valence-electron chi connectivity index (χ3n) is 3.63. The molecule has 1 aromatic carbocycles. The van der Waals surface area contributed by atoms with Crippen molar-refractivity contribution >= 4 is 23.2 Å². The number of rotatable bonds is 4. The zero-order chi connectivity index (χ0) is 13.9. The van der Waals surface area contributed by atoms with Crippen LogP contribution < -0.4 is 0 Å². The van der Waals surface area contributed by atoms with Crippen LogP contribution in [-0.4, -0.2) is 9.97 Å². The Balaban J connectivity index is 2.62. The molecule has 0 saturated heterocycles. The standard InChI is InChI=1S/C15H16Cl2N2/c1-3-15(4-2,11-8-6-5-7-9-11)14-18-12(16)10-13(17)19-14/h5-10H,3-4H2,1-2H3. The fourth-order valence-electron chi connectivity index (χ4n) is 2.46. The van der Waals surface area contributed by atoms with Crippen LogP contribution >= 0.6 is 23.2 Å². The fraction of sp³-hybridized carbons (Fsp3) is 0.333. The molecule has 0 saturated carbocycles. The summed E-state index contributed by atoms with van der Waals surface area (Å²) in [5.74, 6) is 0.696. The summed E-state index contributed by atoms with van der Waals surface area (Å²) < 4.78 is 0. The average molecular weight is 295 g/mol. The Hall–Kier alpha value is -1.12. The third kappa shape index (κ3) is 2.75. The molecular formula is C15H16Cl2N2. The second kappa shape index (κ2) is 5.89. The van der Waals surface area contributed by atoms with E-state index in [1.54, 1.807) is 6.07 Å². The molecule has 100 valence electrons. The van der Waals surface area contributed by atoms with Gasteiger partial charge in [-0.05, 0) is 18.4 Å². The second-order valence-electron chi connectivity index (χ2n) is 4.49. The summed E-state index contributed by atoms with van der Waals surface area (Å²) in [6.45, 7) is 4.27. The van der Waals surface area contributed by atoms with Gasteiger partial charge in [-0.2, -0.15) is 0 Å². The van der Waals surface area contributed by atoms with Gasteiger partial charge in [0.05, 0.1) is 5.41 Å². The molecule has 2 aromatic rings. The first-order chi connectivity index (χ1) is 9.12. The first-order valence-corrected chi connectivity index (χ1v) is 7.14. The Bertz CT molecular complexity index is 531. The number of nitrogens with zero attached hydrogens (tertiary/aromatic N) is 2. The van der Waals surface area contributed by atoms with Crippen LogP contribution in [0.25, 0.3) is 0 Å². The monoisotopic (exact) mass is 294 g/mol. The normalized spacial score (nSPS) is 11.6. The minimum atomic E-state index is -0.240. The lowest BCUT2D eigenvalue weighted by atomic mass is 9.75. The van der Waals surface area contributed by atoms with Crippen molar-refractivity contribution in [2.24, 2.45) is 0 Å². The molecule has 2 nitrogen and oxygen atoms in total. The molecule has 0 aliphatic rings. The molecule has 0 aliphatic heterocycles. The van der Waals surface area contributed by atoms with E-state index in [-0.39, 0.29) is 5.41 Å². The molecule has 4 heteroatoms. The van der Waals surface area contributed by atoms with Crippen LogP contribution in [0, 0.1) is 0 Å². The van der Waals surface area contributed by atoms with Crippen LogP contribution in [0.3, 0.4) is 0 Å². The summed E-state index contributed by atoms with van der Waals surface area (Å²) in [6.07, 6.45) is 1.79. The summed E-state index contributed by atoms with van der Waals surface area (Å²) in [6, 6.07) is 11.8. The van der Waals surface area contributed by atoms with E-state index in [9.17, 15) is 0 Å². The minimum absolute atomic E-state index is 0.240. The summed E-state index contributed by atoms with van der Waals surface area (Å²) in [5, 5.41) is 0.773. The highest BCUT2D eigenvalue weighted by Crippen LogP contribution is 2.37. The molecular weight excluding hydrogens is 279 g/mol. The lowest BCUT2D eigenvalue weighted by Crippen LogP contribution is -2.28. The van der Waals surface area contributed by atoms with Gasteiger partial charge in [-0.25, -0.2) is 9.97 Å². The molecule has 0 bridgehead atoms. The fourth-order valence-corrected chi connectivity index (χ4v) is 2.89. The number of benzene rings is 1. The van der Waals surface area contributed by atoms with Gasteiger partial charge in [0.25, 0.3) is 0 Å². The molecule has 0 unspecified atom stereocenters. The Morgan fingerprint density at radius 2 is 1.47 bits per heavy atom. The van der Waals surface area contributed by atoms with Gasteiger partial charge in [0.1, 0.15) is 16.1 Å². The topological polar surface area (TPSA) is 25.8 Å². The molecule has 1 heterocycles. The number of hydrogen-bond acceptors (Lipinski definition) is 2. The highest BCUT2D eigenvalue weighted by atomic mass is 35.5. The average Bonchev–Trinajstić information content (AvgIpc) is 2.41. The zero-order valence-corrected chi connectivity index (χ0v) is 12.5. The second-order valence-corrected chi connectivity index (χ2v) is 5.27. The van der Waals surface area contributed by atoms with Gasteiger partial charge in [0.2, 0.25) is 0 Å². The first-order valence-electron chi connectivity index (χ1n) is 6.38. The molecule has 0 amide bonds. The van der Waals surface area contributed by atoms with Gasteiger partial charge in [-0.3, -0.25) is 0 Å². The maximum Gasteiger partial charge on any atom is 0.142 e. The van der Waals surface area contributed by atoms with E-state index in [1.807, 2.05) is 18.2 Å². The van der Waals surface area contributed by atoms with Crippen LogP contribution in [0.4, 0.5) is 0 Å². The molecule has 0 radical (unpaired) electrons. The molecule has 0 aliphatic carbocycles. The van der Waals surface area contributed by atoms with Crippen LogP contribution in [0.5, 0.6) is 0 Å². The van der Waals surface area contributed by atoms with Crippen molar-refractivity contribution < 1.29 is 0 Å². The van der Waals surface area contributed by atoms with Crippen molar-refractivity contribution in [1.82, 2.24) is 9.97 Å². The minimum Gasteiger partial charge on any atom is -0.220 e. The highest BCUT2D eigenvalue weighted by molar-refractivity contribution is 6.33. The van der Waals surface area contributed by atoms with Crippen molar-refractivity contribution in [3.05, 3.63) is 58.1 Å². The Morgan fingerprint density at radius 1 is 0.947 bits per heavy atom. The summed E-state index contributed by atoms with van der Waals surface area (Å²) in [5.41, 5.74) is 0.953. The predicted molar refractivity (Wildman–Crippen MR) is 79.9 cm³/mol. The van der Waals surface area contributed by atoms with E-state index in [0.717, 1.165) is 12.8 Å². The van der Waals surface area contributed by atoms with Crippen molar-refractivity contribution in [2.45, 2.75) is 32.1 Å². The first kappa shape index (κ1) is 14.3. The number of aromatic nitrogens is 2. The van der Waals surface area contributed by atoms with E-state index in [2.05, 4.69) is 35.9 Å². The van der Waals surface area contributed by atoms with Crippen molar-refractivity contribution in [1.29, 1.82) is 0 Å². The zero-order valence-electron chi connectivity index (χ0n) is 11.0. The lowest BCUT2D eigenvalue weighted by Gasteiger charge is -2.30. The molecule has 0 spiro atoms. The maximum absolute atomic E-state index is 6.02. The van der Waals surface area contributed by atoms with Gasteiger partial charge < -0.3 is 0 Å². The molecule has 0 N–H and O–H groups in total. The van der Waals surface area contributed by atoms with E-state index in [4.69, 9.17) is 23.2 Å². The highest BCUT2D eigenvalue weighted by Gasteiger charge is 2.34. The van der Waals surface area contributed by atoms with Gasteiger partial charge >= 0.3 is 0 Å². The SMILES string of the molecule is CCC(CC)(c1ccccc1)c1nc(Cl)cc(Cl)n1. The molecule has 0 atom stereocenters. The molecule has 2 rings (SSSR count). The van der Waals surface area contributed by atoms with Gasteiger partial charge in [0.15, 0.2) is 0 Å². The van der Waals surface area contributed by atoms with Gasteiger partial charge in [-0.15, -0.1) is 0 Å². The predicted octanol–water partition coefficient (Wildman–Crippen LogP) is 4.89. The molecule has 0 fully saturated rings. The summed E-state index contributed by atoms with van der Waals surface area (Å²) >= 11 is 12.0. The van der Waals surface area contributed by atoms with Crippen LogP contribution in [-0.2, 0) is 5.41 Å². The molecule has 19 heavy (non-hydrogen) atoms. The van der Waals surface area contributed by atoms with Crippen LogP contribution in [0.1, 0.15) is 38.1 Å². The smallest absolute Gasteiger partial charge is 0.142 e. The van der Waals surface area contributed by atoms with Gasteiger partial charge in [-0.1, -0.05) is 67.4 Å². The van der Waals surface area contributed by atoms with E-state index in [1.165, 1.54) is 5.56 Å². The molecule has 1 aromatic heterocycles. The third-order valence-corrected chi connectivity index (χ3v) is 4.01. The maximum atomic E-state index is 6.02. The van der Waals surface area contributed by atoms with Crippen molar-refractivity contribution in [2.75, 3.05) is 0 Å². The van der Waals surface area contributed by atoms with E-state index < -0.39 is 0 Å². The van der Waals surface area contributed by atoms with Crippen LogP contribution in [0.15, 0.2) is 36.4 Å². The van der Waals surface area contributed by atoms with E-state index >= 15 is 0 Å². The Kier molecular flexibility index (Phi) is 4.43. The number of hydrogen-bond donors (Lipinski definition) is 0. The van der Waals surface area contributed by atoms with Gasteiger partial charge in [0, 0.05) is 6.07 Å². The quantitative estimate of drug-likeness (QED) is 0.750. The van der Waals surface area contributed by atoms with E-state index in [0.29, 0.717) is 16.1 Å². The summed E-state index contributed by atoms with van der Waals surface area (Å²) in [7, 11) is 0. The number of halogens is 2. The summed E-state index contributed by atoms with van der Waals surface area (Å²) in [4.78, 5) is 8.79. The Morgan fingerprint density at radius 3 is 1.95 bits per heavy atom.